The maximum atomic E-state index is 12.6. The van der Waals surface area contributed by atoms with E-state index >= 15 is 0 Å². The first-order chi connectivity index (χ1) is 23.6. The van der Waals surface area contributed by atoms with Crippen LogP contribution in [0, 0.1) is 0 Å². The maximum absolute atomic E-state index is 12.6. The molecule has 0 radical (unpaired) electrons. The lowest BCUT2D eigenvalue weighted by Gasteiger charge is -2.36. The first-order valence-corrected chi connectivity index (χ1v) is 18.3. The predicted molar refractivity (Wildman–Crippen MR) is 199 cm³/mol. The molecule has 2 aliphatic carbocycles. The van der Waals surface area contributed by atoms with Crippen molar-refractivity contribution < 1.29 is 28.5 Å². The van der Waals surface area contributed by atoms with Gasteiger partial charge in [0, 0.05) is 62.5 Å². The fourth-order valence-electron chi connectivity index (χ4n) is 7.00. The lowest BCUT2D eigenvalue weighted by Crippen LogP contribution is -2.44. The Morgan fingerprint density at radius 3 is 1.26 bits per heavy atom. The van der Waals surface area contributed by atoms with Gasteiger partial charge in [0.2, 0.25) is 0 Å². The van der Waals surface area contributed by atoms with Crippen LogP contribution >= 0.6 is 0 Å². The summed E-state index contributed by atoms with van der Waals surface area (Å²) in [6.45, 7) is 12.8. The van der Waals surface area contributed by atoms with E-state index in [1.807, 2.05) is 67.8 Å². The van der Waals surface area contributed by atoms with Crippen molar-refractivity contribution in [3.8, 4) is 22.6 Å². The van der Waals surface area contributed by atoms with Crippen molar-refractivity contribution in [3.05, 3.63) is 47.5 Å². The zero-order valence-electron chi connectivity index (χ0n) is 32.2. The minimum Gasteiger partial charge on any atom is -0.496 e. The van der Waals surface area contributed by atoms with Crippen LogP contribution in [0.3, 0.4) is 0 Å². The Morgan fingerprint density at radius 1 is 0.620 bits per heavy atom. The molecule has 2 fully saturated rings. The average Bonchev–Trinajstić information content (AvgIpc) is 3.07. The van der Waals surface area contributed by atoms with E-state index in [0.29, 0.717) is 25.2 Å². The lowest BCUT2D eigenvalue weighted by atomic mass is 9.90. The van der Waals surface area contributed by atoms with Crippen molar-refractivity contribution in [2.24, 2.45) is 0 Å². The molecule has 50 heavy (non-hydrogen) atoms. The average molecular weight is 695 g/mol. The highest BCUT2D eigenvalue weighted by atomic mass is 16.6. The number of rotatable bonds is 11. The van der Waals surface area contributed by atoms with Gasteiger partial charge < -0.3 is 39.4 Å². The molecule has 2 aromatic rings. The molecule has 0 spiro atoms. The summed E-state index contributed by atoms with van der Waals surface area (Å²) in [6.07, 6.45) is 7.26. The lowest BCUT2D eigenvalue weighted by molar-refractivity contribution is 0.0169. The van der Waals surface area contributed by atoms with Crippen molar-refractivity contribution in [1.29, 1.82) is 0 Å². The van der Waals surface area contributed by atoms with E-state index < -0.39 is 11.2 Å². The van der Waals surface area contributed by atoms with Crippen molar-refractivity contribution in [3.63, 3.8) is 0 Å². The highest BCUT2D eigenvalue weighted by Crippen LogP contribution is 2.32. The number of hydrogen-bond acceptors (Lipinski definition) is 8. The van der Waals surface area contributed by atoms with E-state index in [4.69, 9.17) is 18.9 Å². The number of amides is 2. The molecule has 0 aliphatic heterocycles. The van der Waals surface area contributed by atoms with Gasteiger partial charge in [0.1, 0.15) is 22.7 Å². The van der Waals surface area contributed by atoms with Crippen molar-refractivity contribution >= 4 is 12.2 Å². The van der Waals surface area contributed by atoms with Gasteiger partial charge in [0.25, 0.3) is 0 Å². The fraction of sp³-hybridized carbons (Fsp3) is 0.650. The molecule has 278 valence electrons. The Kier molecular flexibility index (Phi) is 13.5. The molecular formula is C40H62N4O6. The van der Waals surface area contributed by atoms with Crippen LogP contribution in [-0.2, 0) is 22.6 Å². The van der Waals surface area contributed by atoms with Gasteiger partial charge in [-0.3, -0.25) is 0 Å². The molecule has 0 bridgehead atoms. The van der Waals surface area contributed by atoms with E-state index in [9.17, 15) is 9.59 Å². The Bertz CT molecular complexity index is 1310. The molecule has 0 saturated heterocycles. The third-order valence-corrected chi connectivity index (χ3v) is 9.91. The summed E-state index contributed by atoms with van der Waals surface area (Å²) in [7, 11) is 7.14. The zero-order valence-corrected chi connectivity index (χ0v) is 32.2. The van der Waals surface area contributed by atoms with Crippen LogP contribution in [0.2, 0.25) is 0 Å². The molecule has 4 rings (SSSR count). The SMILES string of the molecule is COc1ccc(-c2ccc(OC)c(CNC3CCC(N(C)C(=O)OC(C)(C)C)CC3)c2)cc1CNC1CCC(N(C)C(=O)OC(C)(C)C)CC1. The summed E-state index contributed by atoms with van der Waals surface area (Å²) in [4.78, 5) is 28.7. The van der Waals surface area contributed by atoms with Gasteiger partial charge in [-0.05, 0) is 128 Å². The van der Waals surface area contributed by atoms with Gasteiger partial charge in [0.15, 0.2) is 0 Å². The van der Waals surface area contributed by atoms with Gasteiger partial charge in [0.05, 0.1) is 14.2 Å². The third-order valence-electron chi connectivity index (χ3n) is 9.91. The summed E-state index contributed by atoms with van der Waals surface area (Å²) >= 11 is 0. The van der Waals surface area contributed by atoms with Crippen molar-refractivity contribution in [2.45, 2.75) is 141 Å². The minimum atomic E-state index is -0.494. The maximum Gasteiger partial charge on any atom is 0.410 e. The number of nitrogens with one attached hydrogen (secondary N) is 2. The topological polar surface area (TPSA) is 102 Å². The first kappa shape index (κ1) is 39.3. The molecule has 2 aromatic carbocycles. The Balaban J connectivity index is 1.33. The molecule has 10 heteroatoms. The summed E-state index contributed by atoms with van der Waals surface area (Å²) in [5.74, 6) is 1.73. The number of benzene rings is 2. The molecule has 0 heterocycles. The summed E-state index contributed by atoms with van der Waals surface area (Å²) in [5, 5.41) is 7.51. The van der Waals surface area contributed by atoms with E-state index in [1.54, 1.807) is 24.0 Å². The fourth-order valence-corrected chi connectivity index (χ4v) is 7.00. The first-order valence-electron chi connectivity index (χ1n) is 18.3. The Hall–Kier alpha value is -3.50. The Labute approximate surface area is 300 Å². The molecule has 0 atom stereocenters. The van der Waals surface area contributed by atoms with Crippen LogP contribution in [0.25, 0.3) is 11.1 Å². The summed E-state index contributed by atoms with van der Waals surface area (Å²) in [5.41, 5.74) is 3.49. The molecule has 0 unspecified atom stereocenters. The van der Waals surface area contributed by atoms with E-state index in [-0.39, 0.29) is 24.3 Å². The van der Waals surface area contributed by atoms with Gasteiger partial charge >= 0.3 is 12.2 Å². The minimum absolute atomic E-state index is 0.195. The largest absolute Gasteiger partial charge is 0.496 e. The molecule has 2 N–H and O–H groups in total. The second kappa shape index (κ2) is 17.1. The number of nitrogens with zero attached hydrogens (tertiary/aromatic N) is 2. The van der Waals surface area contributed by atoms with Crippen LogP contribution in [0.1, 0.15) is 104 Å². The van der Waals surface area contributed by atoms with Crippen LogP contribution < -0.4 is 20.1 Å². The monoisotopic (exact) mass is 694 g/mol. The van der Waals surface area contributed by atoms with Crippen molar-refractivity contribution in [1.82, 2.24) is 20.4 Å². The van der Waals surface area contributed by atoms with Crippen LogP contribution in [-0.4, -0.2) is 85.7 Å². The summed E-state index contributed by atoms with van der Waals surface area (Å²) in [6, 6.07) is 13.9. The molecular weight excluding hydrogens is 632 g/mol. The molecule has 2 amide bonds. The molecule has 0 aromatic heterocycles. The van der Waals surface area contributed by atoms with Gasteiger partial charge in [-0.25, -0.2) is 9.59 Å². The van der Waals surface area contributed by atoms with Gasteiger partial charge in [-0.15, -0.1) is 0 Å². The molecule has 2 aliphatic rings. The smallest absolute Gasteiger partial charge is 0.410 e. The normalized spacial score (nSPS) is 21.2. The van der Waals surface area contributed by atoms with E-state index in [2.05, 4.69) is 34.9 Å². The molecule has 2 saturated carbocycles. The number of ether oxygens (including phenoxy) is 4. The molecule has 10 nitrogen and oxygen atoms in total. The van der Waals surface area contributed by atoms with Gasteiger partial charge in [-0.2, -0.15) is 0 Å². The number of methoxy groups -OCH3 is 2. The highest BCUT2D eigenvalue weighted by molar-refractivity contribution is 5.69. The Morgan fingerprint density at radius 2 is 0.960 bits per heavy atom. The van der Waals surface area contributed by atoms with Crippen LogP contribution in [0.5, 0.6) is 11.5 Å². The predicted octanol–water partition coefficient (Wildman–Crippen LogP) is 7.91. The second-order valence-electron chi connectivity index (χ2n) is 16.0. The second-order valence-corrected chi connectivity index (χ2v) is 16.0. The van der Waals surface area contributed by atoms with Crippen molar-refractivity contribution in [2.75, 3.05) is 28.3 Å². The van der Waals surface area contributed by atoms with Crippen LogP contribution in [0.4, 0.5) is 9.59 Å². The standard InChI is InChI=1S/C40H62N4O6/c1-39(2,3)49-37(45)43(7)33-17-13-31(14-18-33)41-25-29-23-27(11-21-35(29)47-9)28-12-22-36(48-10)30(24-28)26-42-32-15-19-34(20-16-32)44(8)38(46)50-40(4,5)6/h11-12,21-24,31-34,41-42H,13-20,25-26H2,1-10H3. The number of carbonyl (C=O) groups excluding carboxylic acids is 2. The third kappa shape index (κ3) is 11.3. The number of carbonyl (C=O) groups is 2. The van der Waals surface area contributed by atoms with E-state index in [0.717, 1.165) is 85.1 Å². The highest BCUT2D eigenvalue weighted by Gasteiger charge is 2.31. The van der Waals surface area contributed by atoms with E-state index in [1.165, 1.54) is 0 Å². The quantitative estimate of drug-likeness (QED) is 0.245. The number of hydrogen-bond donors (Lipinski definition) is 2. The van der Waals surface area contributed by atoms with Gasteiger partial charge in [-0.1, -0.05) is 12.1 Å². The zero-order chi connectivity index (χ0) is 36.6. The summed E-state index contributed by atoms with van der Waals surface area (Å²) < 4.78 is 22.7. The van der Waals surface area contributed by atoms with Crippen LogP contribution in [0.15, 0.2) is 36.4 Å².